The Balaban J connectivity index is 1.86. The first kappa shape index (κ1) is 17.9. The highest BCUT2D eigenvalue weighted by Crippen LogP contribution is 2.10. The first-order valence-electron chi connectivity index (χ1n) is 7.39. The molecule has 0 aliphatic heterocycles. The Labute approximate surface area is 140 Å². The van der Waals surface area contributed by atoms with E-state index >= 15 is 0 Å². The number of hydrogen-bond acceptors (Lipinski definition) is 5. The van der Waals surface area contributed by atoms with Crippen LogP contribution in [0.5, 0.6) is 5.88 Å². The van der Waals surface area contributed by atoms with Gasteiger partial charge in [0.2, 0.25) is 15.9 Å². The number of amides is 1. The van der Waals surface area contributed by atoms with E-state index in [1.807, 2.05) is 6.92 Å². The van der Waals surface area contributed by atoms with Crippen LogP contribution in [-0.4, -0.2) is 32.5 Å². The Morgan fingerprint density at radius 1 is 1.21 bits per heavy atom. The standard InChI is InChI=1S/C16H19N3O4S/c1-2-23-15-8-5-13(11-19-15)16(20)18-10-9-12-3-6-14(7-4-12)24(17,21)22/h3-8,11H,2,9-10H2,1H3,(H,18,20)(H2,17,21,22). The van der Waals surface area contributed by atoms with Gasteiger partial charge in [-0.3, -0.25) is 4.79 Å². The van der Waals surface area contributed by atoms with E-state index in [4.69, 9.17) is 9.88 Å². The molecule has 3 N–H and O–H groups in total. The molecule has 1 amide bonds. The minimum Gasteiger partial charge on any atom is -0.478 e. The molecule has 0 saturated carbocycles. The molecule has 0 radical (unpaired) electrons. The summed E-state index contributed by atoms with van der Waals surface area (Å²) >= 11 is 0. The molecular formula is C16H19N3O4S. The van der Waals surface area contributed by atoms with Gasteiger partial charge in [0.05, 0.1) is 17.1 Å². The summed E-state index contributed by atoms with van der Waals surface area (Å²) in [6, 6.07) is 9.53. The van der Waals surface area contributed by atoms with Crippen LogP contribution in [0, 0.1) is 0 Å². The molecule has 0 aliphatic carbocycles. The highest BCUT2D eigenvalue weighted by Gasteiger charge is 2.08. The van der Waals surface area contributed by atoms with E-state index in [1.165, 1.54) is 18.3 Å². The maximum absolute atomic E-state index is 12.0. The van der Waals surface area contributed by atoms with E-state index in [0.29, 0.717) is 31.0 Å². The summed E-state index contributed by atoms with van der Waals surface area (Å²) in [5.41, 5.74) is 1.34. The number of hydrogen-bond donors (Lipinski definition) is 2. The Morgan fingerprint density at radius 3 is 2.46 bits per heavy atom. The third-order valence-corrected chi connectivity index (χ3v) is 4.17. The average molecular weight is 349 g/mol. The molecule has 0 spiro atoms. The molecule has 1 aromatic heterocycles. The van der Waals surface area contributed by atoms with Crippen LogP contribution in [0.1, 0.15) is 22.8 Å². The van der Waals surface area contributed by atoms with Crippen molar-refractivity contribution >= 4 is 15.9 Å². The number of primary sulfonamides is 1. The van der Waals surface area contributed by atoms with Gasteiger partial charge in [-0.25, -0.2) is 18.5 Å². The third kappa shape index (κ3) is 5.04. The minimum absolute atomic E-state index is 0.0655. The summed E-state index contributed by atoms with van der Waals surface area (Å²) in [4.78, 5) is 16.1. The number of aromatic nitrogens is 1. The van der Waals surface area contributed by atoms with Crippen LogP contribution in [0.25, 0.3) is 0 Å². The number of carbonyl (C=O) groups is 1. The Bertz CT molecular complexity index is 787. The first-order valence-corrected chi connectivity index (χ1v) is 8.93. The molecular weight excluding hydrogens is 330 g/mol. The van der Waals surface area contributed by atoms with Crippen molar-refractivity contribution in [2.75, 3.05) is 13.2 Å². The summed E-state index contributed by atoms with van der Waals surface area (Å²) in [6.45, 7) is 2.79. The van der Waals surface area contributed by atoms with E-state index < -0.39 is 10.0 Å². The molecule has 0 bridgehead atoms. The first-order chi connectivity index (χ1) is 11.4. The van der Waals surface area contributed by atoms with Crippen molar-refractivity contribution < 1.29 is 17.9 Å². The second kappa shape index (κ2) is 7.89. The van der Waals surface area contributed by atoms with Crippen LogP contribution in [0.3, 0.4) is 0 Å². The van der Waals surface area contributed by atoms with Gasteiger partial charge in [-0.05, 0) is 37.1 Å². The van der Waals surface area contributed by atoms with Gasteiger partial charge in [0.25, 0.3) is 5.91 Å². The van der Waals surface area contributed by atoms with Crippen LogP contribution in [-0.2, 0) is 16.4 Å². The van der Waals surface area contributed by atoms with Gasteiger partial charge in [0.1, 0.15) is 0 Å². The predicted molar refractivity (Wildman–Crippen MR) is 89.3 cm³/mol. The van der Waals surface area contributed by atoms with Gasteiger partial charge < -0.3 is 10.1 Å². The quantitative estimate of drug-likeness (QED) is 0.777. The zero-order valence-electron chi connectivity index (χ0n) is 13.2. The van der Waals surface area contributed by atoms with E-state index in [2.05, 4.69) is 10.3 Å². The molecule has 8 heteroatoms. The monoisotopic (exact) mass is 349 g/mol. The van der Waals surface area contributed by atoms with Crippen molar-refractivity contribution in [3.05, 3.63) is 53.7 Å². The fourth-order valence-corrected chi connectivity index (χ4v) is 2.53. The lowest BCUT2D eigenvalue weighted by molar-refractivity contribution is 0.0953. The van der Waals surface area contributed by atoms with Gasteiger partial charge in [-0.2, -0.15) is 0 Å². The zero-order valence-corrected chi connectivity index (χ0v) is 14.0. The van der Waals surface area contributed by atoms with Crippen molar-refractivity contribution in [2.24, 2.45) is 5.14 Å². The molecule has 0 unspecified atom stereocenters. The number of pyridine rings is 1. The number of sulfonamides is 1. The summed E-state index contributed by atoms with van der Waals surface area (Å²) in [5, 5.41) is 7.82. The molecule has 1 heterocycles. The van der Waals surface area contributed by atoms with Crippen molar-refractivity contribution in [3.63, 3.8) is 0 Å². The highest BCUT2D eigenvalue weighted by molar-refractivity contribution is 7.89. The maximum atomic E-state index is 12.0. The molecule has 0 aliphatic rings. The van der Waals surface area contributed by atoms with Crippen LogP contribution in [0.4, 0.5) is 0 Å². The molecule has 0 atom stereocenters. The molecule has 128 valence electrons. The van der Waals surface area contributed by atoms with Crippen molar-refractivity contribution in [3.8, 4) is 5.88 Å². The second-order valence-corrected chi connectivity index (χ2v) is 6.57. The number of benzene rings is 1. The van der Waals surface area contributed by atoms with Crippen molar-refractivity contribution in [2.45, 2.75) is 18.2 Å². The molecule has 2 aromatic rings. The lowest BCUT2D eigenvalue weighted by atomic mass is 10.1. The fourth-order valence-electron chi connectivity index (χ4n) is 2.02. The summed E-state index contributed by atoms with van der Waals surface area (Å²) in [5.74, 6) is 0.246. The third-order valence-electron chi connectivity index (χ3n) is 3.24. The predicted octanol–water partition coefficient (Wildman–Crippen LogP) is 1.10. The Kier molecular flexibility index (Phi) is 5.88. The molecule has 7 nitrogen and oxygen atoms in total. The van der Waals surface area contributed by atoms with Crippen LogP contribution < -0.4 is 15.2 Å². The average Bonchev–Trinajstić information content (AvgIpc) is 2.55. The van der Waals surface area contributed by atoms with Crippen LogP contribution >= 0.6 is 0 Å². The lowest BCUT2D eigenvalue weighted by Gasteiger charge is -2.07. The van der Waals surface area contributed by atoms with E-state index in [1.54, 1.807) is 24.3 Å². The maximum Gasteiger partial charge on any atom is 0.252 e. The van der Waals surface area contributed by atoms with Crippen LogP contribution in [0.2, 0.25) is 0 Å². The topological polar surface area (TPSA) is 111 Å². The SMILES string of the molecule is CCOc1ccc(C(=O)NCCc2ccc(S(N)(=O)=O)cc2)cn1. The van der Waals surface area contributed by atoms with E-state index in [-0.39, 0.29) is 10.8 Å². The fraction of sp³-hybridized carbons (Fsp3) is 0.250. The summed E-state index contributed by atoms with van der Waals surface area (Å²) in [6.07, 6.45) is 2.03. The van der Waals surface area contributed by atoms with E-state index in [0.717, 1.165) is 5.56 Å². The number of nitrogens with one attached hydrogen (secondary N) is 1. The van der Waals surface area contributed by atoms with Crippen LogP contribution in [0.15, 0.2) is 47.5 Å². The van der Waals surface area contributed by atoms with Gasteiger partial charge >= 0.3 is 0 Å². The largest absolute Gasteiger partial charge is 0.478 e. The van der Waals surface area contributed by atoms with Crippen molar-refractivity contribution in [1.29, 1.82) is 0 Å². The van der Waals surface area contributed by atoms with Gasteiger partial charge in [-0.1, -0.05) is 12.1 Å². The molecule has 2 rings (SSSR count). The second-order valence-electron chi connectivity index (χ2n) is 5.01. The van der Waals surface area contributed by atoms with E-state index in [9.17, 15) is 13.2 Å². The normalized spacial score (nSPS) is 11.1. The van der Waals surface area contributed by atoms with Gasteiger partial charge in [0.15, 0.2) is 0 Å². The molecule has 0 saturated heterocycles. The summed E-state index contributed by atoms with van der Waals surface area (Å²) < 4.78 is 27.6. The number of nitrogens with zero attached hydrogens (tertiary/aromatic N) is 1. The Morgan fingerprint density at radius 2 is 1.92 bits per heavy atom. The lowest BCUT2D eigenvalue weighted by Crippen LogP contribution is -2.25. The number of nitrogens with two attached hydrogens (primary N) is 1. The number of carbonyl (C=O) groups excluding carboxylic acids is 1. The zero-order chi connectivity index (χ0) is 17.6. The summed E-state index contributed by atoms with van der Waals surface area (Å²) in [7, 11) is -3.68. The minimum atomic E-state index is -3.68. The molecule has 24 heavy (non-hydrogen) atoms. The van der Waals surface area contributed by atoms with Gasteiger partial charge in [-0.15, -0.1) is 0 Å². The molecule has 0 fully saturated rings. The number of ether oxygens (including phenoxy) is 1. The Hall–Kier alpha value is -2.45. The van der Waals surface area contributed by atoms with Gasteiger partial charge in [0, 0.05) is 18.8 Å². The van der Waals surface area contributed by atoms with Crippen molar-refractivity contribution in [1.82, 2.24) is 10.3 Å². The highest BCUT2D eigenvalue weighted by atomic mass is 32.2. The number of rotatable bonds is 7. The molecule has 1 aromatic carbocycles. The smallest absolute Gasteiger partial charge is 0.252 e.